The summed E-state index contributed by atoms with van der Waals surface area (Å²) in [5, 5.41) is 0. The molecule has 1 aromatic carbocycles. The van der Waals surface area contributed by atoms with Gasteiger partial charge < -0.3 is 4.90 Å². The Balaban J connectivity index is 1.96. The molecule has 22 heavy (non-hydrogen) atoms. The molecule has 1 aromatic rings. The van der Waals surface area contributed by atoms with E-state index in [-0.39, 0.29) is 5.75 Å². The van der Waals surface area contributed by atoms with Gasteiger partial charge in [0, 0.05) is 36.2 Å². The third-order valence-electron chi connectivity index (χ3n) is 3.75. The number of hydrogen-bond donors (Lipinski definition) is 0. The molecule has 1 heterocycles. The first-order valence-electron chi connectivity index (χ1n) is 7.46. The molecule has 0 aromatic heterocycles. The van der Waals surface area contributed by atoms with E-state index in [0.29, 0.717) is 26.2 Å². The third-order valence-corrected chi connectivity index (χ3v) is 6.69. The SMILES string of the molecule is CCCCS(=O)(=O)N1CCN(C(=S)c2cccc(Br)c2)CC1. The molecule has 1 fully saturated rings. The van der Waals surface area contributed by atoms with E-state index in [9.17, 15) is 8.42 Å². The smallest absolute Gasteiger partial charge is 0.214 e. The van der Waals surface area contributed by atoms with Crippen molar-refractivity contribution in [2.45, 2.75) is 19.8 Å². The van der Waals surface area contributed by atoms with Crippen molar-refractivity contribution in [3.8, 4) is 0 Å². The molecule has 0 N–H and O–H groups in total. The molecule has 0 unspecified atom stereocenters. The van der Waals surface area contributed by atoms with Crippen molar-refractivity contribution in [3.63, 3.8) is 0 Å². The number of rotatable bonds is 5. The molecule has 4 nitrogen and oxygen atoms in total. The normalized spacial score (nSPS) is 16.7. The maximum Gasteiger partial charge on any atom is 0.214 e. The summed E-state index contributed by atoms with van der Waals surface area (Å²) in [5.74, 6) is 0.250. The van der Waals surface area contributed by atoms with E-state index < -0.39 is 10.0 Å². The lowest BCUT2D eigenvalue weighted by molar-refractivity contribution is 0.269. The summed E-state index contributed by atoms with van der Waals surface area (Å²) in [7, 11) is -3.11. The molecule has 1 saturated heterocycles. The van der Waals surface area contributed by atoms with Gasteiger partial charge in [0.2, 0.25) is 10.0 Å². The second-order valence-corrected chi connectivity index (χ2v) is 8.76. The summed E-state index contributed by atoms with van der Waals surface area (Å²) in [6.45, 7) is 4.33. The van der Waals surface area contributed by atoms with Crippen LogP contribution in [0.25, 0.3) is 0 Å². The fourth-order valence-corrected chi connectivity index (χ4v) is 4.77. The van der Waals surface area contributed by atoms with Gasteiger partial charge in [-0.05, 0) is 18.6 Å². The first kappa shape index (κ1) is 17.8. The zero-order valence-corrected chi connectivity index (χ0v) is 15.9. The summed E-state index contributed by atoms with van der Waals surface area (Å²) in [6.07, 6.45) is 1.62. The van der Waals surface area contributed by atoms with E-state index in [0.717, 1.165) is 27.9 Å². The van der Waals surface area contributed by atoms with E-state index in [4.69, 9.17) is 12.2 Å². The highest BCUT2D eigenvalue weighted by atomic mass is 79.9. The van der Waals surface area contributed by atoms with Crippen LogP contribution in [0.2, 0.25) is 0 Å². The number of nitrogens with zero attached hydrogens (tertiary/aromatic N) is 2. The Kier molecular flexibility index (Phi) is 6.37. The van der Waals surface area contributed by atoms with Crippen molar-refractivity contribution < 1.29 is 8.42 Å². The van der Waals surface area contributed by atoms with E-state index >= 15 is 0 Å². The number of thiocarbonyl (C=S) groups is 1. The van der Waals surface area contributed by atoms with E-state index in [1.807, 2.05) is 31.2 Å². The molecule has 122 valence electrons. The fraction of sp³-hybridized carbons (Fsp3) is 0.533. The molecule has 0 radical (unpaired) electrons. The molecule has 0 spiro atoms. The topological polar surface area (TPSA) is 40.6 Å². The highest BCUT2D eigenvalue weighted by Gasteiger charge is 2.27. The van der Waals surface area contributed by atoms with Gasteiger partial charge in [-0.1, -0.05) is 53.6 Å². The van der Waals surface area contributed by atoms with Crippen LogP contribution >= 0.6 is 28.1 Å². The van der Waals surface area contributed by atoms with Gasteiger partial charge in [0.1, 0.15) is 4.99 Å². The Labute approximate surface area is 146 Å². The first-order chi connectivity index (χ1) is 10.4. The lowest BCUT2D eigenvalue weighted by atomic mass is 10.2. The third kappa shape index (κ3) is 4.50. The van der Waals surface area contributed by atoms with Crippen molar-refractivity contribution in [2.24, 2.45) is 0 Å². The van der Waals surface area contributed by atoms with Crippen LogP contribution in [0.3, 0.4) is 0 Å². The second-order valence-electron chi connectivity index (χ2n) is 5.37. The van der Waals surface area contributed by atoms with E-state index in [1.54, 1.807) is 4.31 Å². The predicted octanol–water partition coefficient (Wildman–Crippen LogP) is 2.87. The van der Waals surface area contributed by atoms with Gasteiger partial charge in [-0.25, -0.2) is 8.42 Å². The quantitative estimate of drug-likeness (QED) is 0.707. The number of unbranched alkanes of at least 4 members (excludes halogenated alkanes) is 1. The molecule has 7 heteroatoms. The zero-order valence-electron chi connectivity index (χ0n) is 12.7. The average Bonchev–Trinajstić information content (AvgIpc) is 2.52. The monoisotopic (exact) mass is 404 g/mol. The van der Waals surface area contributed by atoms with Crippen LogP contribution in [0.4, 0.5) is 0 Å². The van der Waals surface area contributed by atoms with Crippen LogP contribution in [0, 0.1) is 0 Å². The number of sulfonamides is 1. The number of halogens is 1. The molecule has 0 amide bonds. The van der Waals surface area contributed by atoms with Crippen molar-refractivity contribution in [1.82, 2.24) is 9.21 Å². The first-order valence-corrected chi connectivity index (χ1v) is 10.3. The summed E-state index contributed by atoms with van der Waals surface area (Å²) >= 11 is 8.99. The zero-order chi connectivity index (χ0) is 16.2. The highest BCUT2D eigenvalue weighted by Crippen LogP contribution is 2.17. The maximum absolute atomic E-state index is 12.2. The minimum absolute atomic E-state index is 0.250. The van der Waals surface area contributed by atoms with Crippen LogP contribution in [-0.4, -0.2) is 54.5 Å². The standard InChI is InChI=1S/C15H21BrN2O2S2/c1-2-3-11-22(19,20)18-9-7-17(8-10-18)15(21)13-5-4-6-14(16)12-13/h4-6,12H,2-3,7-11H2,1H3. The Morgan fingerprint density at radius 1 is 1.27 bits per heavy atom. The van der Waals surface area contributed by atoms with E-state index in [2.05, 4.69) is 20.8 Å². The Morgan fingerprint density at radius 3 is 2.55 bits per heavy atom. The predicted molar refractivity (Wildman–Crippen MR) is 97.7 cm³/mol. The summed E-state index contributed by atoms with van der Waals surface area (Å²) in [4.78, 5) is 2.87. The second kappa shape index (κ2) is 7.86. The fourth-order valence-electron chi connectivity index (χ4n) is 2.43. The molecule has 0 bridgehead atoms. The summed E-state index contributed by atoms with van der Waals surface area (Å²) in [5.41, 5.74) is 0.992. The minimum Gasteiger partial charge on any atom is -0.360 e. The van der Waals surface area contributed by atoms with Gasteiger partial charge in [-0.2, -0.15) is 4.31 Å². The largest absolute Gasteiger partial charge is 0.360 e. The van der Waals surface area contributed by atoms with Crippen molar-refractivity contribution in [3.05, 3.63) is 34.3 Å². The lowest BCUT2D eigenvalue weighted by Crippen LogP contribution is -2.50. The number of benzene rings is 1. The van der Waals surface area contributed by atoms with Gasteiger partial charge in [-0.15, -0.1) is 0 Å². The van der Waals surface area contributed by atoms with Crippen molar-refractivity contribution in [2.75, 3.05) is 31.9 Å². The summed E-state index contributed by atoms with van der Waals surface area (Å²) in [6, 6.07) is 7.89. The highest BCUT2D eigenvalue weighted by molar-refractivity contribution is 9.10. The minimum atomic E-state index is -3.11. The summed E-state index contributed by atoms with van der Waals surface area (Å²) < 4.78 is 27.0. The van der Waals surface area contributed by atoms with Gasteiger partial charge >= 0.3 is 0 Å². The average molecular weight is 405 g/mol. The molecule has 2 rings (SSSR count). The molecule has 0 atom stereocenters. The Bertz CT molecular complexity index is 626. The number of piperazine rings is 1. The van der Waals surface area contributed by atoms with Crippen LogP contribution in [-0.2, 0) is 10.0 Å². The molecule has 0 saturated carbocycles. The van der Waals surface area contributed by atoms with Gasteiger partial charge in [0.15, 0.2) is 0 Å². The van der Waals surface area contributed by atoms with Gasteiger partial charge in [-0.3, -0.25) is 0 Å². The van der Waals surface area contributed by atoms with Crippen molar-refractivity contribution in [1.29, 1.82) is 0 Å². The molecule has 0 aliphatic carbocycles. The molecule has 1 aliphatic heterocycles. The Morgan fingerprint density at radius 2 is 1.95 bits per heavy atom. The van der Waals surface area contributed by atoms with Crippen LogP contribution < -0.4 is 0 Å². The molecular weight excluding hydrogens is 384 g/mol. The van der Waals surface area contributed by atoms with Crippen LogP contribution in [0.15, 0.2) is 28.7 Å². The van der Waals surface area contributed by atoms with Gasteiger partial charge in [0.05, 0.1) is 5.75 Å². The van der Waals surface area contributed by atoms with Crippen molar-refractivity contribution >= 4 is 43.2 Å². The lowest BCUT2D eigenvalue weighted by Gasteiger charge is -2.35. The van der Waals surface area contributed by atoms with Crippen LogP contribution in [0.1, 0.15) is 25.3 Å². The van der Waals surface area contributed by atoms with E-state index in [1.165, 1.54) is 0 Å². The number of hydrogen-bond acceptors (Lipinski definition) is 3. The molecular formula is C15H21BrN2O2S2. The van der Waals surface area contributed by atoms with Gasteiger partial charge in [0.25, 0.3) is 0 Å². The maximum atomic E-state index is 12.2. The molecule has 1 aliphatic rings. The Hall–Kier alpha value is -0.500. The van der Waals surface area contributed by atoms with Crippen LogP contribution in [0.5, 0.6) is 0 Å².